The minimum Gasteiger partial charge on any atom is -0.481 e. The van der Waals surface area contributed by atoms with Gasteiger partial charge in [-0.25, -0.2) is 8.78 Å². The second-order valence-electron chi connectivity index (χ2n) is 4.35. The second-order valence-corrected chi connectivity index (χ2v) is 5.33. The number of carbonyl (C=O) groups is 1. The summed E-state index contributed by atoms with van der Waals surface area (Å²) in [6.07, 6.45) is 2.78. The number of carboxylic acid groups (broad SMARTS) is 1. The van der Waals surface area contributed by atoms with Crippen LogP contribution in [0.4, 0.5) is 8.78 Å². The first kappa shape index (κ1) is 15.9. The first-order valence-electron chi connectivity index (χ1n) is 5.85. The van der Waals surface area contributed by atoms with E-state index in [4.69, 9.17) is 5.73 Å². The lowest BCUT2D eigenvalue weighted by atomic mass is 9.76. The molecule has 0 bridgehead atoms. The van der Waals surface area contributed by atoms with Crippen LogP contribution in [0.1, 0.15) is 18.4 Å². The van der Waals surface area contributed by atoms with Crippen molar-refractivity contribution in [1.29, 1.82) is 0 Å². The lowest BCUT2D eigenvalue weighted by Gasteiger charge is -2.28. The van der Waals surface area contributed by atoms with Crippen LogP contribution in [-0.2, 0) is 10.2 Å². The van der Waals surface area contributed by atoms with E-state index >= 15 is 0 Å². The summed E-state index contributed by atoms with van der Waals surface area (Å²) >= 11 is 1.58. The summed E-state index contributed by atoms with van der Waals surface area (Å²) in [5.41, 5.74) is 4.24. The first-order valence-corrected chi connectivity index (χ1v) is 7.24. The van der Waals surface area contributed by atoms with E-state index in [1.165, 1.54) is 0 Å². The maximum absolute atomic E-state index is 13.3. The largest absolute Gasteiger partial charge is 0.481 e. The van der Waals surface area contributed by atoms with Gasteiger partial charge in [-0.1, -0.05) is 0 Å². The van der Waals surface area contributed by atoms with E-state index < -0.39 is 23.0 Å². The fourth-order valence-corrected chi connectivity index (χ4v) is 2.46. The molecule has 0 saturated carbocycles. The minimum absolute atomic E-state index is 0.0844. The molecule has 0 spiro atoms. The monoisotopic (exact) mass is 289 g/mol. The fourth-order valence-electron chi connectivity index (χ4n) is 2.03. The summed E-state index contributed by atoms with van der Waals surface area (Å²) in [7, 11) is 0. The molecule has 0 saturated heterocycles. The van der Waals surface area contributed by atoms with Gasteiger partial charge in [0.2, 0.25) is 0 Å². The molecule has 1 rings (SSSR count). The Bertz CT molecular complexity index is 436. The van der Waals surface area contributed by atoms with Crippen LogP contribution in [0.3, 0.4) is 0 Å². The van der Waals surface area contributed by atoms with Crippen LogP contribution >= 0.6 is 11.8 Å². The van der Waals surface area contributed by atoms with Gasteiger partial charge in [0.15, 0.2) is 0 Å². The Morgan fingerprint density at radius 1 is 1.37 bits per heavy atom. The number of hydrogen-bond acceptors (Lipinski definition) is 3. The predicted molar refractivity (Wildman–Crippen MR) is 72.3 cm³/mol. The second kappa shape index (κ2) is 6.86. The summed E-state index contributed by atoms with van der Waals surface area (Å²) in [5.74, 6) is -1.97. The maximum Gasteiger partial charge on any atom is 0.315 e. The maximum atomic E-state index is 13.3. The molecule has 3 nitrogen and oxygen atoms in total. The van der Waals surface area contributed by atoms with Crippen LogP contribution in [0.25, 0.3) is 0 Å². The van der Waals surface area contributed by atoms with Crippen LogP contribution in [0.15, 0.2) is 18.2 Å². The zero-order valence-corrected chi connectivity index (χ0v) is 11.5. The van der Waals surface area contributed by atoms with Crippen molar-refractivity contribution in [2.75, 3.05) is 18.6 Å². The van der Waals surface area contributed by atoms with E-state index in [0.717, 1.165) is 17.9 Å². The molecule has 0 aliphatic heterocycles. The summed E-state index contributed by atoms with van der Waals surface area (Å²) < 4.78 is 26.5. The summed E-state index contributed by atoms with van der Waals surface area (Å²) in [5, 5.41) is 9.43. The number of thioether (sulfide) groups is 1. The molecule has 1 atom stereocenters. The average Bonchev–Trinajstić information content (AvgIpc) is 2.33. The normalized spacial score (nSPS) is 14.1. The van der Waals surface area contributed by atoms with E-state index in [1.54, 1.807) is 11.8 Å². The van der Waals surface area contributed by atoms with Gasteiger partial charge < -0.3 is 10.8 Å². The molecule has 0 amide bonds. The van der Waals surface area contributed by atoms with Gasteiger partial charge in [-0.15, -0.1) is 0 Å². The van der Waals surface area contributed by atoms with Crippen molar-refractivity contribution in [1.82, 2.24) is 0 Å². The van der Waals surface area contributed by atoms with Crippen molar-refractivity contribution in [2.45, 2.75) is 18.3 Å². The van der Waals surface area contributed by atoms with Crippen molar-refractivity contribution < 1.29 is 18.7 Å². The number of aliphatic carboxylic acids is 1. The quantitative estimate of drug-likeness (QED) is 0.757. The Kier molecular flexibility index (Phi) is 5.75. The van der Waals surface area contributed by atoms with Gasteiger partial charge in [-0.05, 0) is 42.5 Å². The Labute approximate surface area is 115 Å². The minimum atomic E-state index is -1.43. The van der Waals surface area contributed by atoms with Gasteiger partial charge in [0, 0.05) is 12.6 Å². The zero-order chi connectivity index (χ0) is 14.5. The predicted octanol–water partition coefficient (Wildman–Crippen LogP) is 2.39. The summed E-state index contributed by atoms with van der Waals surface area (Å²) in [6.45, 7) is -0.195. The molecular weight excluding hydrogens is 272 g/mol. The third-order valence-corrected chi connectivity index (χ3v) is 3.82. The molecule has 0 heterocycles. The molecule has 1 aromatic rings. The number of rotatable bonds is 7. The fraction of sp³-hybridized carbons (Fsp3) is 0.462. The Morgan fingerprint density at radius 3 is 2.37 bits per heavy atom. The van der Waals surface area contributed by atoms with E-state index in [2.05, 4.69) is 0 Å². The lowest BCUT2D eigenvalue weighted by molar-refractivity contribution is -0.143. The number of halogens is 2. The zero-order valence-electron chi connectivity index (χ0n) is 10.7. The van der Waals surface area contributed by atoms with Gasteiger partial charge in [-0.3, -0.25) is 4.79 Å². The van der Waals surface area contributed by atoms with Gasteiger partial charge in [0.25, 0.3) is 0 Å². The molecule has 0 aliphatic rings. The molecule has 0 aromatic heterocycles. The Hall–Kier alpha value is -1.14. The third-order valence-electron chi connectivity index (χ3n) is 3.13. The van der Waals surface area contributed by atoms with Crippen LogP contribution in [0.2, 0.25) is 0 Å². The van der Waals surface area contributed by atoms with Crippen molar-refractivity contribution in [2.24, 2.45) is 5.73 Å². The van der Waals surface area contributed by atoms with Crippen molar-refractivity contribution in [3.8, 4) is 0 Å². The summed E-state index contributed by atoms with van der Waals surface area (Å²) in [4.78, 5) is 11.5. The van der Waals surface area contributed by atoms with E-state index in [9.17, 15) is 18.7 Å². The molecule has 106 valence electrons. The number of nitrogens with two attached hydrogens (primary N) is 1. The number of carboxylic acids is 1. The smallest absolute Gasteiger partial charge is 0.315 e. The van der Waals surface area contributed by atoms with Crippen LogP contribution < -0.4 is 5.73 Å². The van der Waals surface area contributed by atoms with Gasteiger partial charge in [0.05, 0.1) is 0 Å². The number of benzene rings is 1. The van der Waals surface area contributed by atoms with Crippen molar-refractivity contribution in [3.63, 3.8) is 0 Å². The molecule has 19 heavy (non-hydrogen) atoms. The standard InChI is InChI=1S/C13H17F2NO2S/c1-19-4-2-3-13(8-16,12(17)18)9-5-10(14)7-11(15)6-9/h5-7H,2-4,8,16H2,1H3,(H,17,18). The van der Waals surface area contributed by atoms with Crippen molar-refractivity contribution in [3.05, 3.63) is 35.4 Å². The number of hydrogen-bond donors (Lipinski definition) is 2. The highest BCUT2D eigenvalue weighted by atomic mass is 32.2. The van der Waals surface area contributed by atoms with E-state index in [0.29, 0.717) is 12.5 Å². The highest BCUT2D eigenvalue weighted by Gasteiger charge is 2.39. The Balaban J connectivity index is 3.17. The lowest BCUT2D eigenvalue weighted by Crippen LogP contribution is -2.43. The SMILES string of the molecule is CSCCCC(CN)(C(=O)O)c1cc(F)cc(F)c1. The topological polar surface area (TPSA) is 63.3 Å². The molecule has 1 unspecified atom stereocenters. The molecule has 0 radical (unpaired) electrons. The molecule has 1 aromatic carbocycles. The van der Waals surface area contributed by atoms with E-state index in [1.807, 2.05) is 6.26 Å². The van der Waals surface area contributed by atoms with E-state index in [-0.39, 0.29) is 18.5 Å². The molecular formula is C13H17F2NO2S. The molecule has 6 heteroatoms. The highest BCUT2D eigenvalue weighted by molar-refractivity contribution is 7.98. The summed E-state index contributed by atoms with van der Waals surface area (Å²) in [6, 6.07) is 2.81. The first-order chi connectivity index (χ1) is 8.96. The van der Waals surface area contributed by atoms with Gasteiger partial charge in [0.1, 0.15) is 17.0 Å². The van der Waals surface area contributed by atoms with Gasteiger partial charge >= 0.3 is 5.97 Å². The molecule has 0 fully saturated rings. The van der Waals surface area contributed by atoms with Crippen LogP contribution in [0.5, 0.6) is 0 Å². The molecule has 3 N–H and O–H groups in total. The van der Waals surface area contributed by atoms with Gasteiger partial charge in [-0.2, -0.15) is 11.8 Å². The van der Waals surface area contributed by atoms with Crippen LogP contribution in [0, 0.1) is 11.6 Å². The molecule has 0 aliphatic carbocycles. The third kappa shape index (κ3) is 3.67. The highest BCUT2D eigenvalue weighted by Crippen LogP contribution is 2.30. The Morgan fingerprint density at radius 2 is 1.95 bits per heavy atom. The average molecular weight is 289 g/mol. The van der Waals surface area contributed by atoms with Crippen LogP contribution in [-0.4, -0.2) is 29.6 Å². The van der Waals surface area contributed by atoms with Crippen molar-refractivity contribution >= 4 is 17.7 Å².